The lowest BCUT2D eigenvalue weighted by atomic mass is 9.84. The van der Waals surface area contributed by atoms with Crippen LogP contribution in [-0.4, -0.2) is 46.5 Å². The summed E-state index contributed by atoms with van der Waals surface area (Å²) in [5.41, 5.74) is 14.7. The number of hydrogen-bond acceptors (Lipinski definition) is 5. The molecule has 30 heavy (non-hydrogen) atoms. The van der Waals surface area contributed by atoms with E-state index in [0.29, 0.717) is 23.6 Å². The van der Waals surface area contributed by atoms with Crippen LogP contribution in [0.2, 0.25) is 0 Å². The van der Waals surface area contributed by atoms with Gasteiger partial charge in [-0.3, -0.25) is 9.78 Å². The predicted molar refractivity (Wildman–Crippen MR) is 115 cm³/mol. The number of carbonyl (C=O) groups is 1. The molecule has 4 rings (SSSR count). The number of pyridine rings is 1. The number of amidine groups is 1. The molecular formula is C22H26FN6O+. The van der Waals surface area contributed by atoms with E-state index in [4.69, 9.17) is 11.5 Å². The zero-order chi connectivity index (χ0) is 21.3. The van der Waals surface area contributed by atoms with Crippen molar-refractivity contribution < 1.29 is 13.8 Å². The number of hydrogen-bond donors (Lipinski definition) is 3. The van der Waals surface area contributed by atoms with Crippen LogP contribution in [0.5, 0.6) is 0 Å². The zero-order valence-electron chi connectivity index (χ0n) is 16.9. The van der Waals surface area contributed by atoms with Crippen molar-refractivity contribution in [3.8, 4) is 0 Å². The van der Waals surface area contributed by atoms with Gasteiger partial charge >= 0.3 is 0 Å². The van der Waals surface area contributed by atoms with Crippen molar-refractivity contribution in [1.29, 1.82) is 0 Å². The van der Waals surface area contributed by atoms with Gasteiger partial charge in [0.15, 0.2) is 5.57 Å². The van der Waals surface area contributed by atoms with E-state index >= 15 is 0 Å². The molecular weight excluding hydrogens is 383 g/mol. The first kappa shape index (κ1) is 20.0. The van der Waals surface area contributed by atoms with E-state index in [-0.39, 0.29) is 11.4 Å². The Morgan fingerprint density at radius 1 is 1.27 bits per heavy atom. The summed E-state index contributed by atoms with van der Waals surface area (Å²) in [4.78, 5) is 18.5. The monoisotopic (exact) mass is 409 g/mol. The maximum Gasteiger partial charge on any atom is 0.296 e. The fourth-order valence-electron chi connectivity index (χ4n) is 4.12. The molecule has 0 spiro atoms. The Labute approximate surface area is 174 Å². The van der Waals surface area contributed by atoms with Crippen LogP contribution in [0.3, 0.4) is 0 Å². The molecule has 0 saturated carbocycles. The predicted octanol–water partition coefficient (Wildman–Crippen LogP) is 1.73. The van der Waals surface area contributed by atoms with Crippen molar-refractivity contribution in [1.82, 2.24) is 4.98 Å². The number of nitrogens with one attached hydrogen (secondary N) is 1. The lowest BCUT2D eigenvalue weighted by molar-refractivity contribution is -0.559. The summed E-state index contributed by atoms with van der Waals surface area (Å²) in [5.74, 6) is -0.209. The molecule has 2 aliphatic rings. The quantitative estimate of drug-likeness (QED) is 0.653. The molecule has 3 heterocycles. The number of aryl methyl sites for hydroxylation is 1. The second-order valence-electron chi connectivity index (χ2n) is 7.83. The molecule has 0 unspecified atom stereocenters. The van der Waals surface area contributed by atoms with E-state index in [2.05, 4.69) is 21.3 Å². The van der Waals surface area contributed by atoms with E-state index in [0.717, 1.165) is 37.3 Å². The van der Waals surface area contributed by atoms with Crippen molar-refractivity contribution in [3.05, 3.63) is 65.9 Å². The molecule has 1 fully saturated rings. The normalized spacial score (nSPS) is 18.0. The number of anilines is 2. The molecule has 1 aromatic carbocycles. The molecule has 0 bridgehead atoms. The summed E-state index contributed by atoms with van der Waals surface area (Å²) >= 11 is 0. The van der Waals surface area contributed by atoms with Gasteiger partial charge in [0, 0.05) is 50.1 Å². The van der Waals surface area contributed by atoms with Crippen LogP contribution < -0.4 is 21.7 Å². The molecule has 5 N–H and O–H groups in total. The van der Waals surface area contributed by atoms with Gasteiger partial charge in [0.25, 0.3) is 11.7 Å². The van der Waals surface area contributed by atoms with E-state index in [1.807, 2.05) is 23.8 Å². The average Bonchev–Trinajstić information content (AvgIpc) is 2.72. The third-order valence-corrected chi connectivity index (χ3v) is 5.96. The lowest BCUT2D eigenvalue weighted by Gasteiger charge is -2.43. The number of aromatic nitrogens is 1. The molecule has 8 heteroatoms. The van der Waals surface area contributed by atoms with Crippen LogP contribution in [0.1, 0.15) is 18.5 Å². The summed E-state index contributed by atoms with van der Waals surface area (Å²) < 4.78 is 15.3. The highest BCUT2D eigenvalue weighted by molar-refractivity contribution is 6.24. The molecule has 156 valence electrons. The number of carbonyl (C=O) groups excluding carboxylic acids is 1. The fraction of sp³-hybridized carbons (Fsp3) is 0.318. The Morgan fingerprint density at radius 3 is 2.57 bits per heavy atom. The average molecular weight is 409 g/mol. The van der Waals surface area contributed by atoms with Gasteiger partial charge < -0.3 is 16.4 Å². The highest BCUT2D eigenvalue weighted by Crippen LogP contribution is 2.32. The molecule has 1 amide bonds. The van der Waals surface area contributed by atoms with Gasteiger partial charge in [0.2, 0.25) is 0 Å². The third-order valence-electron chi connectivity index (χ3n) is 5.96. The molecule has 0 atom stereocenters. The molecule has 7 nitrogen and oxygen atoms in total. The van der Waals surface area contributed by atoms with E-state index < -0.39 is 5.91 Å². The van der Waals surface area contributed by atoms with Gasteiger partial charge in [-0.2, -0.15) is 0 Å². The molecule has 2 aliphatic heterocycles. The smallest absolute Gasteiger partial charge is 0.296 e. The number of benzene rings is 1. The first-order chi connectivity index (χ1) is 14.4. The van der Waals surface area contributed by atoms with Crippen LogP contribution in [0, 0.1) is 12.7 Å². The second kappa shape index (κ2) is 7.87. The number of rotatable bonds is 5. The number of nitrogens with zero attached hydrogens (tertiary/aromatic N) is 3. The number of amides is 1. The minimum Gasteiger partial charge on any atom is -0.371 e. The Balaban J connectivity index is 1.58. The van der Waals surface area contributed by atoms with Gasteiger partial charge in [0.05, 0.1) is 0 Å². The first-order valence-corrected chi connectivity index (χ1v) is 10.0. The number of primary amides is 1. The van der Waals surface area contributed by atoms with E-state index in [1.54, 1.807) is 18.3 Å². The Kier molecular flexibility index (Phi) is 5.26. The summed E-state index contributed by atoms with van der Waals surface area (Å²) in [6.07, 6.45) is 5.24. The maximum atomic E-state index is 13.3. The van der Waals surface area contributed by atoms with Gasteiger partial charge in [0.1, 0.15) is 23.2 Å². The number of halogens is 1. The topological polar surface area (TPSA) is 100 Å². The Hall–Kier alpha value is -3.26. The van der Waals surface area contributed by atoms with Gasteiger partial charge in [-0.1, -0.05) is 0 Å². The summed E-state index contributed by atoms with van der Waals surface area (Å²) in [6.45, 7) is 4.09. The minimum atomic E-state index is -0.507. The number of piperidine rings is 1. The zero-order valence-corrected chi connectivity index (χ0v) is 16.9. The van der Waals surface area contributed by atoms with Gasteiger partial charge in [-0.25, -0.2) is 14.3 Å². The van der Waals surface area contributed by atoms with Gasteiger partial charge in [-0.15, -0.1) is 0 Å². The summed E-state index contributed by atoms with van der Waals surface area (Å²) in [7, 11) is 0. The van der Waals surface area contributed by atoms with Crippen molar-refractivity contribution in [2.75, 3.05) is 29.9 Å². The first-order valence-electron chi connectivity index (χ1n) is 10.0. The molecule has 0 aliphatic carbocycles. The van der Waals surface area contributed by atoms with Crippen LogP contribution in [-0.2, 0) is 4.79 Å². The molecule has 1 aromatic heterocycles. The minimum absolute atomic E-state index is 0.320. The van der Waals surface area contributed by atoms with E-state index in [9.17, 15) is 9.18 Å². The second-order valence-corrected chi connectivity index (χ2v) is 7.83. The van der Waals surface area contributed by atoms with Gasteiger partial charge in [-0.05, 0) is 43.3 Å². The standard InChI is InChI=1S/C22H25FN6O/c1-15-12-18(6-9-26-15)28-10-7-22(14-24,8-11-28)29-13-19(20(25)30)21(29)27-17-4-2-16(23)3-5-17/h2-6,9,12-13H,7-8,10-11,14,24H2,1H3,(H2,25,30)/p+1. The van der Waals surface area contributed by atoms with E-state index in [1.165, 1.54) is 12.1 Å². The van der Waals surface area contributed by atoms with Crippen molar-refractivity contribution in [2.24, 2.45) is 11.5 Å². The SMILES string of the molecule is Cc1cc(N2CCC(CN)([N+]3=C(Nc4ccc(F)cc4)C(C(N)=O)=C3)CC2)ccn1. The molecule has 0 radical (unpaired) electrons. The molecule has 2 aromatic rings. The highest BCUT2D eigenvalue weighted by Gasteiger charge is 2.47. The van der Waals surface area contributed by atoms with Crippen LogP contribution in [0.25, 0.3) is 0 Å². The van der Waals surface area contributed by atoms with Crippen LogP contribution in [0.4, 0.5) is 15.8 Å². The lowest BCUT2D eigenvalue weighted by Crippen LogP contribution is -2.59. The maximum absolute atomic E-state index is 13.3. The highest BCUT2D eigenvalue weighted by atomic mass is 19.1. The third kappa shape index (κ3) is 3.66. The number of nitrogens with two attached hydrogens (primary N) is 2. The van der Waals surface area contributed by atoms with Crippen LogP contribution in [0.15, 0.2) is 54.4 Å². The Morgan fingerprint density at radius 2 is 1.97 bits per heavy atom. The summed E-state index contributed by atoms with van der Waals surface area (Å²) in [5, 5.41) is 3.22. The fourth-order valence-corrected chi connectivity index (χ4v) is 4.12. The largest absolute Gasteiger partial charge is 0.371 e. The van der Waals surface area contributed by atoms with Crippen LogP contribution >= 0.6 is 0 Å². The molecule has 1 saturated heterocycles. The van der Waals surface area contributed by atoms with Crippen molar-refractivity contribution >= 4 is 23.1 Å². The summed E-state index contributed by atoms with van der Waals surface area (Å²) in [6, 6.07) is 10.1. The Bertz CT molecular complexity index is 1020. The van der Waals surface area contributed by atoms with Crippen molar-refractivity contribution in [3.63, 3.8) is 0 Å². The van der Waals surface area contributed by atoms with Crippen molar-refractivity contribution in [2.45, 2.75) is 25.3 Å².